The average molecular weight is 348 g/mol. The molecule has 3 N–H and O–H groups in total. The number of unbranched alkanes of at least 4 members (excludes halogenated alkanes) is 1. The van der Waals surface area contributed by atoms with Crippen LogP contribution in [-0.4, -0.2) is 49.6 Å². The van der Waals surface area contributed by atoms with Gasteiger partial charge < -0.3 is 11.1 Å². The van der Waals surface area contributed by atoms with Crippen molar-refractivity contribution >= 4 is 15.9 Å². The summed E-state index contributed by atoms with van der Waals surface area (Å²) in [7, 11) is -3.16. The number of rotatable bonds is 9. The highest BCUT2D eigenvalue weighted by Crippen LogP contribution is 2.21. The Hall–Kier alpha value is -0.660. The minimum absolute atomic E-state index is 0.00679. The molecular formula is C16H33N3O3S. The Labute approximate surface area is 141 Å². The van der Waals surface area contributed by atoms with Gasteiger partial charge in [-0.05, 0) is 32.1 Å². The summed E-state index contributed by atoms with van der Waals surface area (Å²) in [5.74, 6) is 0.112. The standard InChI is InChI=1S/C16H33N3O3S/c1-4-7-12-23(21,22)19-10-8-14(9-11-19)15(20)18-13-16(17,5-2)6-3/h14H,4-13,17H2,1-3H3,(H,18,20). The Balaban J connectivity index is 2.45. The molecule has 1 saturated heterocycles. The van der Waals surface area contributed by atoms with Crippen LogP contribution in [0, 0.1) is 5.92 Å². The lowest BCUT2D eigenvalue weighted by molar-refractivity contribution is -0.126. The second-order valence-corrected chi connectivity index (χ2v) is 8.72. The van der Waals surface area contributed by atoms with Crippen molar-refractivity contribution in [2.45, 2.75) is 64.8 Å². The third-order valence-electron chi connectivity index (χ3n) is 5.00. The lowest BCUT2D eigenvalue weighted by Gasteiger charge is -2.32. The van der Waals surface area contributed by atoms with Gasteiger partial charge in [-0.3, -0.25) is 4.79 Å². The highest BCUT2D eigenvalue weighted by molar-refractivity contribution is 7.89. The molecule has 1 rings (SSSR count). The van der Waals surface area contributed by atoms with Crippen LogP contribution in [-0.2, 0) is 14.8 Å². The zero-order valence-electron chi connectivity index (χ0n) is 14.8. The topological polar surface area (TPSA) is 92.5 Å². The lowest BCUT2D eigenvalue weighted by Crippen LogP contribution is -2.51. The maximum Gasteiger partial charge on any atom is 0.223 e. The van der Waals surface area contributed by atoms with E-state index in [-0.39, 0.29) is 23.1 Å². The summed E-state index contributed by atoms with van der Waals surface area (Å²) < 4.78 is 25.9. The minimum Gasteiger partial charge on any atom is -0.354 e. The Kier molecular flexibility index (Phi) is 7.97. The van der Waals surface area contributed by atoms with E-state index in [1.54, 1.807) is 0 Å². The van der Waals surface area contributed by atoms with Crippen LogP contribution in [0.3, 0.4) is 0 Å². The molecule has 0 bridgehead atoms. The quantitative estimate of drug-likeness (QED) is 0.660. The van der Waals surface area contributed by atoms with Crippen LogP contribution in [0.5, 0.6) is 0 Å². The number of carbonyl (C=O) groups is 1. The number of nitrogens with one attached hydrogen (secondary N) is 1. The summed E-state index contributed by atoms with van der Waals surface area (Å²) in [6.45, 7) is 7.40. The molecule has 6 nitrogen and oxygen atoms in total. The molecule has 0 aromatic rings. The second kappa shape index (κ2) is 8.99. The van der Waals surface area contributed by atoms with E-state index in [4.69, 9.17) is 5.73 Å². The molecule has 0 unspecified atom stereocenters. The van der Waals surface area contributed by atoms with E-state index in [1.165, 1.54) is 4.31 Å². The Morgan fingerprint density at radius 1 is 1.22 bits per heavy atom. The van der Waals surface area contributed by atoms with E-state index in [0.29, 0.717) is 38.9 Å². The molecule has 1 aliphatic heterocycles. The Morgan fingerprint density at radius 3 is 2.26 bits per heavy atom. The number of amides is 1. The van der Waals surface area contributed by atoms with Crippen molar-refractivity contribution in [1.29, 1.82) is 0 Å². The van der Waals surface area contributed by atoms with E-state index in [0.717, 1.165) is 19.3 Å². The lowest BCUT2D eigenvalue weighted by atomic mass is 9.93. The van der Waals surface area contributed by atoms with Crippen LogP contribution in [0.4, 0.5) is 0 Å². The number of hydrogen-bond donors (Lipinski definition) is 2. The molecule has 0 radical (unpaired) electrons. The van der Waals surface area contributed by atoms with Crippen LogP contribution < -0.4 is 11.1 Å². The van der Waals surface area contributed by atoms with Crippen molar-refractivity contribution in [3.63, 3.8) is 0 Å². The summed E-state index contributed by atoms with van der Waals surface area (Å²) in [6.07, 6.45) is 4.37. The molecule has 0 saturated carbocycles. The molecule has 0 atom stereocenters. The van der Waals surface area contributed by atoms with Crippen molar-refractivity contribution in [3.8, 4) is 0 Å². The fraction of sp³-hybridized carbons (Fsp3) is 0.938. The third-order valence-corrected chi connectivity index (χ3v) is 6.95. The minimum atomic E-state index is -3.16. The molecule has 0 aromatic carbocycles. The average Bonchev–Trinajstić information content (AvgIpc) is 2.57. The van der Waals surface area contributed by atoms with Crippen LogP contribution in [0.2, 0.25) is 0 Å². The van der Waals surface area contributed by atoms with E-state index in [2.05, 4.69) is 5.32 Å². The first kappa shape index (κ1) is 20.4. The molecule has 1 fully saturated rings. The van der Waals surface area contributed by atoms with Crippen LogP contribution >= 0.6 is 0 Å². The summed E-state index contributed by atoms with van der Waals surface area (Å²) in [6, 6.07) is 0. The molecule has 1 aliphatic rings. The van der Waals surface area contributed by atoms with Gasteiger partial charge in [0, 0.05) is 31.1 Å². The highest BCUT2D eigenvalue weighted by Gasteiger charge is 2.31. The van der Waals surface area contributed by atoms with Gasteiger partial charge in [0.2, 0.25) is 15.9 Å². The molecule has 0 aliphatic carbocycles. The van der Waals surface area contributed by atoms with Crippen LogP contribution in [0.25, 0.3) is 0 Å². The summed E-state index contributed by atoms with van der Waals surface area (Å²) in [4.78, 5) is 12.3. The van der Waals surface area contributed by atoms with Crippen molar-refractivity contribution < 1.29 is 13.2 Å². The second-order valence-electron chi connectivity index (χ2n) is 6.63. The van der Waals surface area contributed by atoms with Gasteiger partial charge in [-0.15, -0.1) is 0 Å². The van der Waals surface area contributed by atoms with Gasteiger partial charge in [0.1, 0.15) is 0 Å². The maximum absolute atomic E-state index is 12.3. The number of nitrogens with two attached hydrogens (primary N) is 1. The molecule has 0 aromatic heterocycles. The summed E-state index contributed by atoms with van der Waals surface area (Å²) in [5.41, 5.74) is 5.85. The number of carbonyl (C=O) groups excluding carboxylic acids is 1. The number of piperidine rings is 1. The van der Waals surface area contributed by atoms with Gasteiger partial charge in [-0.1, -0.05) is 27.2 Å². The zero-order valence-corrected chi connectivity index (χ0v) is 15.6. The molecule has 23 heavy (non-hydrogen) atoms. The van der Waals surface area contributed by atoms with Gasteiger partial charge >= 0.3 is 0 Å². The third kappa shape index (κ3) is 6.04. The molecule has 136 valence electrons. The predicted molar refractivity (Wildman–Crippen MR) is 93.5 cm³/mol. The van der Waals surface area contributed by atoms with E-state index < -0.39 is 10.0 Å². The van der Waals surface area contributed by atoms with E-state index in [9.17, 15) is 13.2 Å². The monoisotopic (exact) mass is 347 g/mol. The van der Waals surface area contributed by atoms with Crippen molar-refractivity contribution in [3.05, 3.63) is 0 Å². The first-order chi connectivity index (χ1) is 10.8. The fourth-order valence-electron chi connectivity index (χ4n) is 2.76. The smallest absolute Gasteiger partial charge is 0.223 e. The maximum atomic E-state index is 12.3. The largest absolute Gasteiger partial charge is 0.354 e. The Bertz CT molecular complexity index is 467. The number of sulfonamides is 1. The van der Waals surface area contributed by atoms with Crippen molar-refractivity contribution in [2.75, 3.05) is 25.4 Å². The molecule has 1 amide bonds. The van der Waals surface area contributed by atoms with Crippen molar-refractivity contribution in [1.82, 2.24) is 9.62 Å². The molecular weight excluding hydrogens is 314 g/mol. The summed E-state index contributed by atoms with van der Waals surface area (Å²) in [5, 5.41) is 2.95. The Morgan fingerprint density at radius 2 is 1.78 bits per heavy atom. The van der Waals surface area contributed by atoms with Crippen molar-refractivity contribution in [2.24, 2.45) is 11.7 Å². The van der Waals surface area contributed by atoms with Gasteiger partial charge in [-0.25, -0.2) is 12.7 Å². The van der Waals surface area contributed by atoms with Gasteiger partial charge in [0.25, 0.3) is 0 Å². The SMILES string of the molecule is CCCCS(=O)(=O)N1CCC(C(=O)NCC(N)(CC)CC)CC1. The molecule has 7 heteroatoms. The van der Waals surface area contributed by atoms with Gasteiger partial charge in [0.15, 0.2) is 0 Å². The van der Waals surface area contributed by atoms with Gasteiger partial charge in [0.05, 0.1) is 5.75 Å². The zero-order chi connectivity index (χ0) is 17.5. The first-order valence-corrected chi connectivity index (χ1v) is 10.4. The first-order valence-electron chi connectivity index (χ1n) is 8.82. The number of hydrogen-bond acceptors (Lipinski definition) is 4. The van der Waals surface area contributed by atoms with E-state index >= 15 is 0 Å². The van der Waals surface area contributed by atoms with Crippen LogP contribution in [0.15, 0.2) is 0 Å². The summed E-state index contributed by atoms with van der Waals surface area (Å²) >= 11 is 0. The van der Waals surface area contributed by atoms with Crippen LogP contribution in [0.1, 0.15) is 59.3 Å². The van der Waals surface area contributed by atoms with E-state index in [1.807, 2.05) is 20.8 Å². The predicted octanol–water partition coefficient (Wildman–Crippen LogP) is 1.46. The molecule has 0 spiro atoms. The van der Waals surface area contributed by atoms with Gasteiger partial charge in [-0.2, -0.15) is 0 Å². The number of nitrogens with zero attached hydrogens (tertiary/aromatic N) is 1. The normalized spacial score (nSPS) is 18.1. The highest BCUT2D eigenvalue weighted by atomic mass is 32.2. The molecule has 1 heterocycles. The fourth-order valence-corrected chi connectivity index (χ4v) is 4.44.